The van der Waals surface area contributed by atoms with E-state index in [1.165, 1.54) is 34.6 Å². The normalized spacial score (nSPS) is 13.6. The van der Waals surface area contributed by atoms with Crippen molar-refractivity contribution in [3.8, 4) is 0 Å². The number of nitrogens with zero attached hydrogens (tertiary/aromatic N) is 1. The summed E-state index contributed by atoms with van der Waals surface area (Å²) in [6, 6.07) is 15.2. The standard InChI is InChI=1S/C17H20N2/c1-13-6-3-7-14(12-13)19(2)17-10-4-9-16-15(17)8-5-11-18-16/h3-4,6-7,9-10,12,18H,5,8,11H2,1-2H3. The molecule has 0 aliphatic carbocycles. The molecule has 3 rings (SSSR count). The van der Waals surface area contributed by atoms with Crippen molar-refractivity contribution < 1.29 is 0 Å². The zero-order valence-electron chi connectivity index (χ0n) is 11.6. The Morgan fingerprint density at radius 1 is 1.11 bits per heavy atom. The fraction of sp³-hybridized carbons (Fsp3) is 0.294. The minimum Gasteiger partial charge on any atom is -0.385 e. The van der Waals surface area contributed by atoms with E-state index in [0.29, 0.717) is 0 Å². The molecule has 1 N–H and O–H groups in total. The molecule has 1 aliphatic rings. The molecule has 0 atom stereocenters. The fourth-order valence-corrected chi connectivity index (χ4v) is 2.78. The van der Waals surface area contributed by atoms with Crippen LogP contribution in [-0.2, 0) is 6.42 Å². The van der Waals surface area contributed by atoms with Gasteiger partial charge in [0.1, 0.15) is 0 Å². The number of hydrogen-bond donors (Lipinski definition) is 1. The van der Waals surface area contributed by atoms with Gasteiger partial charge in [0.25, 0.3) is 0 Å². The van der Waals surface area contributed by atoms with Crippen molar-refractivity contribution in [1.29, 1.82) is 0 Å². The van der Waals surface area contributed by atoms with Gasteiger partial charge in [0, 0.05) is 30.7 Å². The van der Waals surface area contributed by atoms with Crippen molar-refractivity contribution >= 4 is 17.1 Å². The lowest BCUT2D eigenvalue weighted by Crippen LogP contribution is -2.17. The second kappa shape index (κ2) is 4.96. The quantitative estimate of drug-likeness (QED) is 0.865. The highest BCUT2D eigenvalue weighted by molar-refractivity contribution is 5.73. The molecule has 2 nitrogen and oxygen atoms in total. The minimum absolute atomic E-state index is 1.09. The first-order valence-corrected chi connectivity index (χ1v) is 6.92. The first-order chi connectivity index (χ1) is 9.25. The molecule has 0 bridgehead atoms. The molecule has 0 unspecified atom stereocenters. The molecular formula is C17H20N2. The Bertz CT molecular complexity index is 590. The van der Waals surface area contributed by atoms with Gasteiger partial charge in [-0.2, -0.15) is 0 Å². The lowest BCUT2D eigenvalue weighted by Gasteiger charge is -2.27. The van der Waals surface area contributed by atoms with E-state index < -0.39 is 0 Å². The highest BCUT2D eigenvalue weighted by Crippen LogP contribution is 2.34. The van der Waals surface area contributed by atoms with Crippen LogP contribution in [0.25, 0.3) is 0 Å². The Balaban J connectivity index is 2.02. The van der Waals surface area contributed by atoms with Crippen molar-refractivity contribution in [2.45, 2.75) is 19.8 Å². The molecule has 1 heterocycles. The molecule has 0 saturated heterocycles. The SMILES string of the molecule is Cc1cccc(N(C)c2cccc3c2CCCN3)c1. The third-order valence-corrected chi connectivity index (χ3v) is 3.82. The topological polar surface area (TPSA) is 15.3 Å². The monoisotopic (exact) mass is 252 g/mol. The van der Waals surface area contributed by atoms with E-state index in [9.17, 15) is 0 Å². The number of anilines is 3. The molecule has 0 fully saturated rings. The molecule has 0 radical (unpaired) electrons. The van der Waals surface area contributed by atoms with Gasteiger partial charge in [0.05, 0.1) is 0 Å². The average molecular weight is 252 g/mol. The summed E-state index contributed by atoms with van der Waals surface area (Å²) in [4.78, 5) is 2.29. The summed E-state index contributed by atoms with van der Waals surface area (Å²) in [5.74, 6) is 0. The number of rotatable bonds is 2. The molecule has 0 saturated carbocycles. The zero-order valence-corrected chi connectivity index (χ0v) is 11.6. The first-order valence-electron chi connectivity index (χ1n) is 6.92. The molecule has 1 aliphatic heterocycles. The number of benzene rings is 2. The first kappa shape index (κ1) is 12.1. The molecule has 2 aromatic rings. The van der Waals surface area contributed by atoms with Gasteiger partial charge < -0.3 is 10.2 Å². The van der Waals surface area contributed by atoms with E-state index in [4.69, 9.17) is 0 Å². The number of nitrogens with one attached hydrogen (secondary N) is 1. The number of hydrogen-bond acceptors (Lipinski definition) is 2. The average Bonchev–Trinajstić information content (AvgIpc) is 2.46. The smallest absolute Gasteiger partial charge is 0.0461 e. The van der Waals surface area contributed by atoms with Crippen LogP contribution >= 0.6 is 0 Å². The molecule has 0 amide bonds. The van der Waals surface area contributed by atoms with Gasteiger partial charge in [-0.05, 0) is 55.2 Å². The second-order valence-electron chi connectivity index (χ2n) is 5.23. The van der Waals surface area contributed by atoms with Gasteiger partial charge >= 0.3 is 0 Å². The summed E-state index contributed by atoms with van der Waals surface area (Å²) in [5.41, 5.74) is 6.60. The summed E-state index contributed by atoms with van der Waals surface area (Å²) >= 11 is 0. The van der Waals surface area contributed by atoms with E-state index >= 15 is 0 Å². The highest BCUT2D eigenvalue weighted by Gasteiger charge is 2.15. The van der Waals surface area contributed by atoms with Gasteiger partial charge in [-0.3, -0.25) is 0 Å². The van der Waals surface area contributed by atoms with Gasteiger partial charge in [-0.1, -0.05) is 18.2 Å². The highest BCUT2D eigenvalue weighted by atomic mass is 15.1. The summed E-state index contributed by atoms with van der Waals surface area (Å²) < 4.78 is 0. The Morgan fingerprint density at radius 2 is 1.95 bits per heavy atom. The third kappa shape index (κ3) is 2.30. The fourth-order valence-electron chi connectivity index (χ4n) is 2.78. The zero-order chi connectivity index (χ0) is 13.2. The van der Waals surface area contributed by atoms with Crippen LogP contribution in [-0.4, -0.2) is 13.6 Å². The molecule has 2 heteroatoms. The van der Waals surface area contributed by atoms with Gasteiger partial charge in [-0.15, -0.1) is 0 Å². The Kier molecular flexibility index (Phi) is 3.16. The van der Waals surface area contributed by atoms with Crippen LogP contribution in [0.1, 0.15) is 17.5 Å². The van der Waals surface area contributed by atoms with Crippen LogP contribution in [0.4, 0.5) is 17.1 Å². The van der Waals surface area contributed by atoms with Crippen LogP contribution in [0, 0.1) is 6.92 Å². The molecule has 19 heavy (non-hydrogen) atoms. The van der Waals surface area contributed by atoms with Gasteiger partial charge in [0.15, 0.2) is 0 Å². The lowest BCUT2D eigenvalue weighted by atomic mass is 10.0. The van der Waals surface area contributed by atoms with Crippen molar-refractivity contribution in [2.75, 3.05) is 23.8 Å². The summed E-state index contributed by atoms with van der Waals surface area (Å²) in [5, 5.41) is 3.49. The predicted octanol–water partition coefficient (Wildman–Crippen LogP) is 4.12. The van der Waals surface area contributed by atoms with Crippen molar-refractivity contribution in [3.63, 3.8) is 0 Å². The molecule has 0 spiro atoms. The van der Waals surface area contributed by atoms with E-state index in [1.54, 1.807) is 0 Å². The Hall–Kier alpha value is -1.96. The maximum absolute atomic E-state index is 3.49. The van der Waals surface area contributed by atoms with Crippen LogP contribution in [0.5, 0.6) is 0 Å². The van der Waals surface area contributed by atoms with Crippen LogP contribution in [0.2, 0.25) is 0 Å². The molecular weight excluding hydrogens is 232 g/mol. The number of fused-ring (bicyclic) bond motifs is 1. The van der Waals surface area contributed by atoms with E-state index in [0.717, 1.165) is 13.0 Å². The van der Waals surface area contributed by atoms with Crippen molar-refractivity contribution in [3.05, 3.63) is 53.6 Å². The van der Waals surface area contributed by atoms with Gasteiger partial charge in [-0.25, -0.2) is 0 Å². The Morgan fingerprint density at radius 3 is 2.79 bits per heavy atom. The van der Waals surface area contributed by atoms with Crippen LogP contribution in [0.15, 0.2) is 42.5 Å². The minimum atomic E-state index is 1.09. The third-order valence-electron chi connectivity index (χ3n) is 3.82. The maximum atomic E-state index is 3.49. The summed E-state index contributed by atoms with van der Waals surface area (Å²) in [7, 11) is 2.15. The van der Waals surface area contributed by atoms with E-state index in [1.807, 2.05) is 0 Å². The largest absolute Gasteiger partial charge is 0.385 e. The summed E-state index contributed by atoms with van der Waals surface area (Å²) in [6.07, 6.45) is 2.38. The molecule has 98 valence electrons. The molecule has 2 aromatic carbocycles. The van der Waals surface area contributed by atoms with E-state index in [-0.39, 0.29) is 0 Å². The number of aryl methyl sites for hydroxylation is 1. The van der Waals surface area contributed by atoms with E-state index in [2.05, 4.69) is 66.7 Å². The van der Waals surface area contributed by atoms with Crippen molar-refractivity contribution in [1.82, 2.24) is 0 Å². The maximum Gasteiger partial charge on any atom is 0.0461 e. The van der Waals surface area contributed by atoms with Crippen molar-refractivity contribution in [2.24, 2.45) is 0 Å². The van der Waals surface area contributed by atoms with Gasteiger partial charge in [0.2, 0.25) is 0 Å². The molecule has 0 aromatic heterocycles. The Labute approximate surface area is 115 Å². The lowest BCUT2D eigenvalue weighted by molar-refractivity contribution is 0.828. The second-order valence-corrected chi connectivity index (χ2v) is 5.23. The van der Waals surface area contributed by atoms with Crippen LogP contribution in [0.3, 0.4) is 0 Å². The van der Waals surface area contributed by atoms with Crippen LogP contribution < -0.4 is 10.2 Å². The summed E-state index contributed by atoms with van der Waals surface area (Å²) in [6.45, 7) is 3.23. The predicted molar refractivity (Wildman–Crippen MR) is 82.5 cm³/mol.